The van der Waals surface area contributed by atoms with Crippen molar-refractivity contribution in [2.45, 2.75) is 19.3 Å². The summed E-state index contributed by atoms with van der Waals surface area (Å²) in [5, 5.41) is 0. The molecule has 0 aromatic heterocycles. The molecule has 0 spiro atoms. The Balaban J connectivity index is 1.21. The molecule has 0 radical (unpaired) electrons. The average Bonchev–Trinajstić information content (AvgIpc) is 2.91. The van der Waals surface area contributed by atoms with E-state index < -0.39 is 18.4 Å². The van der Waals surface area contributed by atoms with Crippen molar-refractivity contribution in [3.63, 3.8) is 0 Å². The van der Waals surface area contributed by atoms with Gasteiger partial charge < -0.3 is 9.64 Å². The Hall–Kier alpha value is -4.06. The molecule has 176 valence electrons. The Bertz CT molecular complexity index is 1310. The van der Waals surface area contributed by atoms with Crippen molar-refractivity contribution < 1.29 is 23.9 Å². The van der Waals surface area contributed by atoms with Gasteiger partial charge in [-0.05, 0) is 36.8 Å². The van der Waals surface area contributed by atoms with Crippen molar-refractivity contribution in [3.8, 4) is 0 Å². The highest BCUT2D eigenvalue weighted by Crippen LogP contribution is 2.30. The van der Waals surface area contributed by atoms with Gasteiger partial charge >= 0.3 is 5.97 Å². The lowest BCUT2D eigenvalue weighted by Crippen LogP contribution is -2.41. The van der Waals surface area contributed by atoms with E-state index in [1.807, 2.05) is 18.2 Å². The molecule has 1 aliphatic carbocycles. The first kappa shape index (κ1) is 22.7. The van der Waals surface area contributed by atoms with Crippen LogP contribution in [0.2, 0.25) is 0 Å². The van der Waals surface area contributed by atoms with Gasteiger partial charge in [0.2, 0.25) is 0 Å². The Labute approximate surface area is 203 Å². The van der Waals surface area contributed by atoms with E-state index in [4.69, 9.17) is 4.74 Å². The Morgan fingerprint density at radius 1 is 0.771 bits per heavy atom. The molecule has 1 aliphatic heterocycles. The van der Waals surface area contributed by atoms with Crippen molar-refractivity contribution in [3.05, 3.63) is 106 Å². The molecule has 0 bridgehead atoms. The second-order valence-corrected chi connectivity index (χ2v) is 9.02. The maximum Gasteiger partial charge on any atom is 0.339 e. The molecule has 0 saturated carbocycles. The zero-order valence-electron chi connectivity index (χ0n) is 19.2. The van der Waals surface area contributed by atoms with Gasteiger partial charge in [0, 0.05) is 35.3 Å². The lowest BCUT2D eigenvalue weighted by Gasteiger charge is -2.32. The first-order valence-corrected chi connectivity index (χ1v) is 11.8. The fourth-order valence-corrected chi connectivity index (χ4v) is 4.95. The van der Waals surface area contributed by atoms with Crippen molar-refractivity contribution in [1.82, 2.24) is 4.90 Å². The zero-order valence-corrected chi connectivity index (χ0v) is 19.2. The minimum atomic E-state index is -0.783. The van der Waals surface area contributed by atoms with E-state index in [2.05, 4.69) is 12.1 Å². The summed E-state index contributed by atoms with van der Waals surface area (Å²) in [5.41, 5.74) is 2.10. The van der Waals surface area contributed by atoms with E-state index in [9.17, 15) is 19.2 Å². The van der Waals surface area contributed by atoms with E-state index in [0.29, 0.717) is 24.6 Å². The summed E-state index contributed by atoms with van der Waals surface area (Å²) in [4.78, 5) is 53.3. The second kappa shape index (κ2) is 9.66. The molecular weight excluding hydrogens is 442 g/mol. The summed E-state index contributed by atoms with van der Waals surface area (Å²) in [6.07, 6.45) is 2.79. The van der Waals surface area contributed by atoms with Crippen molar-refractivity contribution in [2.75, 3.05) is 19.7 Å². The molecule has 6 nitrogen and oxygen atoms in total. The van der Waals surface area contributed by atoms with Gasteiger partial charge in [0.1, 0.15) is 0 Å². The number of carbonyl (C=O) groups is 4. The number of piperidine rings is 1. The predicted molar refractivity (Wildman–Crippen MR) is 129 cm³/mol. The van der Waals surface area contributed by atoms with Gasteiger partial charge in [-0.25, -0.2) is 4.79 Å². The third-order valence-electron chi connectivity index (χ3n) is 6.83. The zero-order chi connectivity index (χ0) is 24.4. The predicted octanol–water partition coefficient (Wildman–Crippen LogP) is 4.10. The standard InChI is InChI=1S/C29H25NO5/c31-25(30-15-13-20(14-16-30)17-19-7-2-1-3-8-19)18-35-29(34)24-12-6-11-23-26(24)28(33)22-10-5-4-9-21(22)27(23)32/h1-12,20H,13-18H2. The first-order chi connectivity index (χ1) is 17.0. The molecule has 35 heavy (non-hydrogen) atoms. The van der Waals surface area contributed by atoms with Crippen LogP contribution >= 0.6 is 0 Å². The molecule has 2 aliphatic rings. The summed E-state index contributed by atoms with van der Waals surface area (Å²) in [6.45, 7) is 0.849. The van der Waals surface area contributed by atoms with E-state index in [-0.39, 0.29) is 33.9 Å². The van der Waals surface area contributed by atoms with Crippen LogP contribution in [0, 0.1) is 5.92 Å². The molecule has 1 heterocycles. The number of hydrogen-bond acceptors (Lipinski definition) is 5. The number of rotatable bonds is 5. The number of ether oxygens (including phenoxy) is 1. The maximum absolute atomic E-state index is 13.1. The number of likely N-dealkylation sites (tertiary alicyclic amines) is 1. The van der Waals surface area contributed by atoms with Crippen LogP contribution < -0.4 is 0 Å². The van der Waals surface area contributed by atoms with Gasteiger partial charge in [0.05, 0.1) is 5.56 Å². The summed E-state index contributed by atoms with van der Waals surface area (Å²) in [7, 11) is 0. The number of esters is 1. The minimum absolute atomic E-state index is 0.00437. The van der Waals surface area contributed by atoms with E-state index in [0.717, 1.165) is 19.3 Å². The maximum atomic E-state index is 13.1. The summed E-state index contributed by atoms with van der Waals surface area (Å²) < 4.78 is 5.31. The molecule has 3 aromatic rings. The topological polar surface area (TPSA) is 80.8 Å². The summed E-state index contributed by atoms with van der Waals surface area (Å²) >= 11 is 0. The summed E-state index contributed by atoms with van der Waals surface area (Å²) in [5.74, 6) is -1.22. The fourth-order valence-electron chi connectivity index (χ4n) is 4.95. The van der Waals surface area contributed by atoms with Crippen LogP contribution in [0.25, 0.3) is 0 Å². The van der Waals surface area contributed by atoms with Gasteiger partial charge in [-0.1, -0.05) is 66.7 Å². The Morgan fingerprint density at radius 2 is 1.40 bits per heavy atom. The molecule has 1 amide bonds. The van der Waals surface area contributed by atoms with E-state index in [1.165, 1.54) is 17.7 Å². The van der Waals surface area contributed by atoms with Crippen molar-refractivity contribution in [1.29, 1.82) is 0 Å². The molecule has 5 rings (SSSR count). The molecule has 0 N–H and O–H groups in total. The number of hydrogen-bond donors (Lipinski definition) is 0. The molecule has 1 saturated heterocycles. The number of fused-ring (bicyclic) bond motifs is 2. The first-order valence-electron chi connectivity index (χ1n) is 11.8. The number of benzene rings is 3. The monoisotopic (exact) mass is 467 g/mol. The van der Waals surface area contributed by atoms with Crippen LogP contribution in [-0.2, 0) is 16.0 Å². The highest BCUT2D eigenvalue weighted by atomic mass is 16.5. The second-order valence-electron chi connectivity index (χ2n) is 9.02. The van der Waals surface area contributed by atoms with E-state index >= 15 is 0 Å². The number of amides is 1. The van der Waals surface area contributed by atoms with Crippen LogP contribution in [0.1, 0.15) is 60.6 Å². The largest absolute Gasteiger partial charge is 0.452 e. The molecule has 0 unspecified atom stereocenters. The number of ketones is 2. The van der Waals surface area contributed by atoms with Crippen LogP contribution in [0.4, 0.5) is 0 Å². The normalized spacial score (nSPS) is 15.4. The van der Waals surface area contributed by atoms with Crippen LogP contribution in [0.5, 0.6) is 0 Å². The van der Waals surface area contributed by atoms with Gasteiger partial charge in [-0.15, -0.1) is 0 Å². The van der Waals surface area contributed by atoms with Crippen molar-refractivity contribution in [2.24, 2.45) is 5.92 Å². The van der Waals surface area contributed by atoms with Crippen LogP contribution in [0.15, 0.2) is 72.8 Å². The van der Waals surface area contributed by atoms with Crippen LogP contribution in [0.3, 0.4) is 0 Å². The van der Waals surface area contributed by atoms with E-state index in [1.54, 1.807) is 35.2 Å². The Morgan fingerprint density at radius 3 is 2.11 bits per heavy atom. The molecule has 3 aromatic carbocycles. The number of nitrogens with zero attached hydrogens (tertiary/aromatic N) is 1. The average molecular weight is 468 g/mol. The third kappa shape index (κ3) is 4.52. The molecule has 1 fully saturated rings. The van der Waals surface area contributed by atoms with Gasteiger partial charge in [-0.3, -0.25) is 14.4 Å². The van der Waals surface area contributed by atoms with Gasteiger partial charge in [0.15, 0.2) is 18.2 Å². The SMILES string of the molecule is O=C(OCC(=O)N1CCC(Cc2ccccc2)CC1)c1cccc2c1C(=O)c1ccccc1C2=O. The molecule has 6 heteroatoms. The lowest BCUT2D eigenvalue weighted by atomic mass is 9.82. The highest BCUT2D eigenvalue weighted by Gasteiger charge is 2.33. The van der Waals surface area contributed by atoms with Gasteiger partial charge in [0.25, 0.3) is 5.91 Å². The summed E-state index contributed by atoms with van der Waals surface area (Å²) in [6, 6.07) is 21.4. The quantitative estimate of drug-likeness (QED) is 0.413. The molecule has 0 atom stereocenters. The van der Waals surface area contributed by atoms with Gasteiger partial charge in [-0.2, -0.15) is 0 Å². The molecular formula is C29H25NO5. The minimum Gasteiger partial charge on any atom is -0.452 e. The highest BCUT2D eigenvalue weighted by molar-refractivity contribution is 6.30. The smallest absolute Gasteiger partial charge is 0.339 e. The number of carbonyl (C=O) groups excluding carboxylic acids is 4. The van der Waals surface area contributed by atoms with Crippen LogP contribution in [-0.4, -0.2) is 48.0 Å². The van der Waals surface area contributed by atoms with Crippen molar-refractivity contribution >= 4 is 23.4 Å². The third-order valence-corrected chi connectivity index (χ3v) is 6.83. The Kier molecular flexibility index (Phi) is 6.27. The fraction of sp³-hybridized carbons (Fsp3) is 0.241. The lowest BCUT2D eigenvalue weighted by molar-refractivity contribution is -0.135.